The Kier molecular flexibility index (Phi) is 7.52. The number of hydrogen-bond donors (Lipinski definition) is 2. The van der Waals surface area contributed by atoms with E-state index >= 15 is 0 Å². The lowest BCUT2D eigenvalue weighted by atomic mass is 10.2. The molecule has 0 unspecified atom stereocenters. The first-order chi connectivity index (χ1) is 16.6. The number of carbonyl (C=O) groups excluding carboxylic acids is 1. The van der Waals surface area contributed by atoms with Crippen molar-refractivity contribution in [2.24, 2.45) is 0 Å². The Morgan fingerprint density at radius 2 is 1.94 bits per heavy atom. The summed E-state index contributed by atoms with van der Waals surface area (Å²) < 4.78 is 11.5. The molecule has 9 heteroatoms. The van der Waals surface area contributed by atoms with Crippen molar-refractivity contribution in [1.29, 1.82) is 5.26 Å². The van der Waals surface area contributed by atoms with Crippen LogP contribution in [-0.4, -0.2) is 21.9 Å². The van der Waals surface area contributed by atoms with Gasteiger partial charge in [-0.15, -0.1) is 0 Å². The van der Waals surface area contributed by atoms with E-state index < -0.39 is 0 Å². The van der Waals surface area contributed by atoms with Crippen LogP contribution in [0.3, 0.4) is 0 Å². The Bertz CT molecular complexity index is 1350. The molecule has 0 saturated heterocycles. The highest BCUT2D eigenvalue weighted by atomic mass is 79.9. The van der Waals surface area contributed by atoms with Gasteiger partial charge in [-0.05, 0) is 42.0 Å². The molecule has 1 aromatic heterocycles. The molecular formula is C25H20BrN5O2S. The fraction of sp³-hybridized carbons (Fsp3) is 0.0800. The Hall–Kier alpha value is -3.74. The quantitative estimate of drug-likeness (QED) is 0.269. The summed E-state index contributed by atoms with van der Waals surface area (Å²) in [5, 5.41) is 16.6. The minimum absolute atomic E-state index is 0.303. The maximum absolute atomic E-state index is 12.9. The first-order valence-electron chi connectivity index (χ1n) is 10.2. The molecule has 3 aromatic carbocycles. The van der Waals surface area contributed by atoms with Gasteiger partial charge in [-0.1, -0.05) is 58.2 Å². The number of amides is 1. The van der Waals surface area contributed by atoms with Gasteiger partial charge in [-0.25, -0.2) is 4.68 Å². The molecule has 34 heavy (non-hydrogen) atoms. The monoisotopic (exact) mass is 533 g/mol. The van der Waals surface area contributed by atoms with E-state index in [1.54, 1.807) is 24.4 Å². The van der Waals surface area contributed by atoms with Crippen molar-refractivity contribution in [2.75, 3.05) is 16.3 Å². The summed E-state index contributed by atoms with van der Waals surface area (Å²) >= 11 is 4.92. The van der Waals surface area contributed by atoms with Crippen molar-refractivity contribution in [1.82, 2.24) is 9.78 Å². The number of benzene rings is 3. The summed E-state index contributed by atoms with van der Waals surface area (Å²) in [6.07, 6.45) is 5.02. The normalized spacial score (nSPS) is 10.4. The number of nitrogens with zero attached hydrogens (tertiary/aromatic N) is 3. The van der Waals surface area contributed by atoms with E-state index in [1.165, 1.54) is 22.8 Å². The van der Waals surface area contributed by atoms with Crippen LogP contribution in [0.5, 0.6) is 5.75 Å². The molecule has 0 radical (unpaired) electrons. The third-order valence-corrected chi connectivity index (χ3v) is 5.69. The van der Waals surface area contributed by atoms with Gasteiger partial charge in [-0.3, -0.25) is 4.79 Å². The molecule has 0 spiro atoms. The number of halogens is 1. The molecule has 0 aliphatic heterocycles. The van der Waals surface area contributed by atoms with E-state index in [0.717, 1.165) is 15.7 Å². The number of hydrogen-bond acceptors (Lipinski definition) is 6. The molecule has 0 fully saturated rings. The molecule has 0 bridgehead atoms. The predicted molar refractivity (Wildman–Crippen MR) is 138 cm³/mol. The second kappa shape index (κ2) is 10.9. The highest BCUT2D eigenvalue weighted by Gasteiger charge is 2.14. The van der Waals surface area contributed by atoms with Crippen LogP contribution in [0.2, 0.25) is 0 Å². The Balaban J connectivity index is 1.56. The van der Waals surface area contributed by atoms with Crippen LogP contribution in [0.1, 0.15) is 21.5 Å². The summed E-state index contributed by atoms with van der Waals surface area (Å²) in [5.41, 5.74) is 3.93. The summed E-state index contributed by atoms with van der Waals surface area (Å²) in [5.74, 6) is 0.250. The van der Waals surface area contributed by atoms with Gasteiger partial charge in [0.15, 0.2) is 0 Å². The van der Waals surface area contributed by atoms with Crippen molar-refractivity contribution in [3.8, 4) is 17.5 Å². The van der Waals surface area contributed by atoms with E-state index in [0.29, 0.717) is 34.9 Å². The van der Waals surface area contributed by atoms with Crippen molar-refractivity contribution in [3.05, 3.63) is 100 Å². The predicted octanol–water partition coefficient (Wildman–Crippen LogP) is 6.03. The van der Waals surface area contributed by atoms with Gasteiger partial charge in [0, 0.05) is 28.3 Å². The minimum atomic E-state index is -0.303. The fourth-order valence-electron chi connectivity index (χ4n) is 3.24. The number of anilines is 2. The zero-order chi connectivity index (χ0) is 23.9. The van der Waals surface area contributed by atoms with Gasteiger partial charge in [-0.2, -0.15) is 10.4 Å². The van der Waals surface area contributed by atoms with Crippen LogP contribution in [0.4, 0.5) is 11.4 Å². The fourth-order valence-corrected chi connectivity index (χ4v) is 4.08. The van der Waals surface area contributed by atoms with Gasteiger partial charge in [0.2, 0.25) is 0 Å². The molecule has 2 N–H and O–H groups in total. The number of rotatable bonds is 8. The van der Waals surface area contributed by atoms with Crippen LogP contribution in [0, 0.1) is 11.3 Å². The standard InChI is InChI=1S/C25H20BrN5O2S/c1-34-30-22-11-20(26)10-21(12-22)29-25(32)19-14-28-31(15-19)23-9-18(13-27)7-8-24(23)33-16-17-5-3-2-4-6-17/h2-12,14-15,30H,16H2,1H3,(H,29,32). The largest absolute Gasteiger partial charge is 0.487 e. The number of nitriles is 1. The van der Waals surface area contributed by atoms with E-state index in [1.807, 2.05) is 54.8 Å². The lowest BCUT2D eigenvalue weighted by Gasteiger charge is -2.12. The van der Waals surface area contributed by atoms with Crippen LogP contribution in [0.25, 0.3) is 5.69 Å². The highest BCUT2D eigenvalue weighted by Crippen LogP contribution is 2.27. The van der Waals surface area contributed by atoms with E-state index in [9.17, 15) is 10.1 Å². The maximum Gasteiger partial charge on any atom is 0.258 e. The van der Waals surface area contributed by atoms with Crippen molar-refractivity contribution in [3.63, 3.8) is 0 Å². The van der Waals surface area contributed by atoms with Crippen LogP contribution in [-0.2, 0) is 6.61 Å². The second-order valence-corrected chi connectivity index (χ2v) is 8.76. The molecular weight excluding hydrogens is 514 g/mol. The third kappa shape index (κ3) is 5.78. The van der Waals surface area contributed by atoms with Crippen LogP contribution in [0.15, 0.2) is 83.6 Å². The molecule has 0 atom stereocenters. The summed E-state index contributed by atoms with van der Waals surface area (Å²) in [7, 11) is 0. The van der Waals surface area contributed by atoms with E-state index in [-0.39, 0.29) is 5.91 Å². The minimum Gasteiger partial charge on any atom is -0.487 e. The lowest BCUT2D eigenvalue weighted by Crippen LogP contribution is -2.11. The zero-order valence-electron chi connectivity index (χ0n) is 18.2. The van der Waals surface area contributed by atoms with Gasteiger partial charge in [0.1, 0.15) is 18.0 Å². The van der Waals surface area contributed by atoms with Crippen molar-refractivity contribution in [2.45, 2.75) is 6.61 Å². The average molecular weight is 534 g/mol. The Morgan fingerprint density at radius 1 is 1.15 bits per heavy atom. The molecule has 1 amide bonds. The molecule has 0 aliphatic carbocycles. The summed E-state index contributed by atoms with van der Waals surface area (Å²) in [6, 6.07) is 22.6. The van der Waals surface area contributed by atoms with Gasteiger partial charge < -0.3 is 14.8 Å². The summed E-state index contributed by atoms with van der Waals surface area (Å²) in [4.78, 5) is 12.9. The van der Waals surface area contributed by atoms with Crippen LogP contribution < -0.4 is 14.8 Å². The van der Waals surface area contributed by atoms with Crippen molar-refractivity contribution < 1.29 is 9.53 Å². The lowest BCUT2D eigenvalue weighted by molar-refractivity contribution is 0.102. The van der Waals surface area contributed by atoms with E-state index in [2.05, 4.69) is 37.1 Å². The molecule has 170 valence electrons. The Morgan fingerprint density at radius 3 is 2.71 bits per heavy atom. The smallest absolute Gasteiger partial charge is 0.258 e. The number of aromatic nitrogens is 2. The number of carbonyl (C=O) groups is 1. The zero-order valence-corrected chi connectivity index (χ0v) is 20.6. The topological polar surface area (TPSA) is 92.0 Å². The maximum atomic E-state index is 12.9. The Labute approximate surface area is 210 Å². The van der Waals surface area contributed by atoms with Crippen LogP contribution >= 0.6 is 27.9 Å². The first kappa shape index (κ1) is 23.4. The van der Waals surface area contributed by atoms with Crippen molar-refractivity contribution >= 4 is 45.2 Å². The molecule has 7 nitrogen and oxygen atoms in total. The van der Waals surface area contributed by atoms with Gasteiger partial charge >= 0.3 is 0 Å². The third-order valence-electron chi connectivity index (χ3n) is 4.79. The molecule has 4 rings (SSSR count). The number of nitrogens with one attached hydrogen (secondary N) is 2. The first-order valence-corrected chi connectivity index (χ1v) is 12.2. The highest BCUT2D eigenvalue weighted by molar-refractivity contribution is 9.10. The average Bonchev–Trinajstić information content (AvgIpc) is 3.33. The number of ether oxygens (including phenoxy) is 1. The van der Waals surface area contributed by atoms with E-state index in [4.69, 9.17) is 4.74 Å². The van der Waals surface area contributed by atoms with Gasteiger partial charge in [0.05, 0.1) is 23.4 Å². The molecule has 0 aliphatic rings. The molecule has 1 heterocycles. The SMILES string of the molecule is CSNc1cc(Br)cc(NC(=O)c2cnn(-c3cc(C#N)ccc3OCc3ccccc3)c2)c1. The molecule has 0 saturated carbocycles. The second-order valence-electron chi connectivity index (χ2n) is 7.23. The summed E-state index contributed by atoms with van der Waals surface area (Å²) in [6.45, 7) is 0.365. The molecule has 4 aromatic rings. The van der Waals surface area contributed by atoms with Gasteiger partial charge in [0.25, 0.3) is 5.91 Å².